The minimum Gasteiger partial charge on any atom is -0.444 e. The predicted octanol–water partition coefficient (Wildman–Crippen LogP) is 4.43. The number of amides is 2. The molecule has 0 bridgehead atoms. The summed E-state index contributed by atoms with van der Waals surface area (Å²) in [5.41, 5.74) is -1.46. The van der Waals surface area contributed by atoms with Crippen LogP contribution in [0.2, 0.25) is 0 Å². The van der Waals surface area contributed by atoms with E-state index in [2.05, 4.69) is 17.3 Å². The predicted molar refractivity (Wildman–Crippen MR) is 124 cm³/mol. The molecule has 6 heteroatoms. The maximum atomic E-state index is 13.8. The third-order valence-electron chi connectivity index (χ3n) is 7.88. The molecular weight excluding hydrogens is 390 g/mol. The maximum Gasteiger partial charge on any atom is 0.408 e. The fourth-order valence-corrected chi connectivity index (χ4v) is 5.93. The average molecular weight is 436 g/mol. The SMILES string of the molecule is CN1CCC(C2CCN(C(=O)[C@@](C)(NC(=O)OC(C)(C)C)C3CCCCC3)CC2)CC1. The zero-order valence-electron chi connectivity index (χ0n) is 20.5. The maximum absolute atomic E-state index is 13.8. The second-order valence-corrected chi connectivity index (χ2v) is 11.4. The highest BCUT2D eigenvalue weighted by atomic mass is 16.6. The monoisotopic (exact) mass is 435 g/mol. The van der Waals surface area contributed by atoms with E-state index >= 15 is 0 Å². The van der Waals surface area contributed by atoms with E-state index in [9.17, 15) is 9.59 Å². The lowest BCUT2D eigenvalue weighted by Gasteiger charge is -2.45. The molecule has 1 N–H and O–H groups in total. The smallest absolute Gasteiger partial charge is 0.408 e. The molecule has 0 aromatic rings. The van der Waals surface area contributed by atoms with Crippen LogP contribution >= 0.6 is 0 Å². The van der Waals surface area contributed by atoms with Crippen LogP contribution in [-0.4, -0.2) is 66.2 Å². The summed E-state index contributed by atoms with van der Waals surface area (Å²) in [6, 6.07) is 0. The van der Waals surface area contributed by atoms with Gasteiger partial charge < -0.3 is 19.9 Å². The van der Waals surface area contributed by atoms with Gasteiger partial charge in [-0.25, -0.2) is 4.79 Å². The second kappa shape index (κ2) is 10.1. The summed E-state index contributed by atoms with van der Waals surface area (Å²) in [6.07, 6.45) is 9.73. The summed E-state index contributed by atoms with van der Waals surface area (Å²) in [4.78, 5) is 30.9. The molecule has 0 unspecified atom stereocenters. The van der Waals surface area contributed by atoms with Gasteiger partial charge >= 0.3 is 6.09 Å². The molecule has 2 aliphatic heterocycles. The molecule has 1 aliphatic carbocycles. The summed E-state index contributed by atoms with van der Waals surface area (Å²) >= 11 is 0. The van der Waals surface area contributed by atoms with Gasteiger partial charge in [0.2, 0.25) is 5.91 Å². The van der Waals surface area contributed by atoms with Gasteiger partial charge in [-0.2, -0.15) is 0 Å². The molecule has 2 amide bonds. The number of piperidine rings is 2. The summed E-state index contributed by atoms with van der Waals surface area (Å²) in [7, 11) is 2.21. The number of alkyl carbamates (subject to hydrolysis) is 1. The van der Waals surface area contributed by atoms with Crippen molar-refractivity contribution in [3.63, 3.8) is 0 Å². The number of hydrogen-bond donors (Lipinski definition) is 1. The van der Waals surface area contributed by atoms with Crippen LogP contribution in [0.15, 0.2) is 0 Å². The van der Waals surface area contributed by atoms with Crippen LogP contribution in [0.4, 0.5) is 4.79 Å². The highest BCUT2D eigenvalue weighted by molar-refractivity contribution is 5.90. The van der Waals surface area contributed by atoms with E-state index < -0.39 is 17.2 Å². The van der Waals surface area contributed by atoms with E-state index in [1.807, 2.05) is 32.6 Å². The molecule has 0 aromatic heterocycles. The van der Waals surface area contributed by atoms with E-state index in [1.165, 1.54) is 32.4 Å². The number of likely N-dealkylation sites (tertiary alicyclic amines) is 2. The van der Waals surface area contributed by atoms with Gasteiger partial charge in [0, 0.05) is 13.1 Å². The van der Waals surface area contributed by atoms with Crippen LogP contribution in [0.5, 0.6) is 0 Å². The van der Waals surface area contributed by atoms with E-state index in [-0.39, 0.29) is 11.8 Å². The largest absolute Gasteiger partial charge is 0.444 e. The first-order chi connectivity index (χ1) is 14.6. The zero-order valence-corrected chi connectivity index (χ0v) is 20.5. The number of carbonyl (C=O) groups is 2. The molecule has 178 valence electrons. The topological polar surface area (TPSA) is 61.9 Å². The Balaban J connectivity index is 1.64. The first-order valence-corrected chi connectivity index (χ1v) is 12.6. The average Bonchev–Trinajstić information content (AvgIpc) is 2.73. The molecule has 3 fully saturated rings. The molecule has 31 heavy (non-hydrogen) atoms. The number of hydrogen-bond acceptors (Lipinski definition) is 4. The van der Waals surface area contributed by atoms with E-state index in [4.69, 9.17) is 4.74 Å². The zero-order chi connectivity index (χ0) is 22.6. The third kappa shape index (κ3) is 6.36. The second-order valence-electron chi connectivity index (χ2n) is 11.4. The van der Waals surface area contributed by atoms with Gasteiger partial charge in [-0.15, -0.1) is 0 Å². The lowest BCUT2D eigenvalue weighted by molar-refractivity contribution is -0.142. The Morgan fingerprint density at radius 3 is 1.84 bits per heavy atom. The summed E-state index contributed by atoms with van der Waals surface area (Å²) in [6.45, 7) is 11.5. The molecule has 1 saturated carbocycles. The quantitative estimate of drug-likeness (QED) is 0.710. The van der Waals surface area contributed by atoms with Gasteiger partial charge in [-0.1, -0.05) is 19.3 Å². The molecule has 6 nitrogen and oxygen atoms in total. The highest BCUT2D eigenvalue weighted by Crippen LogP contribution is 2.37. The Kier molecular flexibility index (Phi) is 7.93. The summed E-state index contributed by atoms with van der Waals surface area (Å²) in [5.74, 6) is 1.80. The van der Waals surface area contributed by atoms with Gasteiger partial charge in [-0.05, 0) is 104 Å². The van der Waals surface area contributed by atoms with Crippen LogP contribution in [0.1, 0.15) is 85.5 Å². The summed E-state index contributed by atoms with van der Waals surface area (Å²) < 4.78 is 5.54. The van der Waals surface area contributed by atoms with E-state index in [0.717, 1.165) is 63.5 Å². The standard InChI is InChI=1S/C25H45N3O3/c1-24(2,3)31-23(30)26-25(4,21-9-7-6-8-10-21)22(29)28-17-13-20(14-18-28)19-11-15-27(5)16-12-19/h19-21H,6-18H2,1-5H3,(H,26,30)/t25-/m0/s1. The molecular formula is C25H45N3O3. The molecule has 0 spiro atoms. The lowest BCUT2D eigenvalue weighted by Crippen LogP contribution is -2.63. The van der Waals surface area contributed by atoms with Crippen molar-refractivity contribution in [2.45, 2.75) is 96.6 Å². The molecule has 0 radical (unpaired) electrons. The molecule has 3 aliphatic rings. The molecule has 2 heterocycles. The Morgan fingerprint density at radius 2 is 1.32 bits per heavy atom. The lowest BCUT2D eigenvalue weighted by atomic mass is 9.74. The van der Waals surface area contributed by atoms with Gasteiger partial charge in [0.15, 0.2) is 0 Å². The Bertz CT molecular complexity index is 610. The van der Waals surface area contributed by atoms with Crippen LogP contribution in [0.25, 0.3) is 0 Å². The molecule has 1 atom stereocenters. The van der Waals surface area contributed by atoms with Crippen molar-refractivity contribution >= 4 is 12.0 Å². The van der Waals surface area contributed by atoms with Gasteiger partial charge in [0.05, 0.1) is 0 Å². The fourth-order valence-electron chi connectivity index (χ4n) is 5.93. The molecule has 0 aromatic carbocycles. The minimum atomic E-state index is -0.886. The molecule has 2 saturated heterocycles. The van der Waals surface area contributed by atoms with E-state index in [0.29, 0.717) is 0 Å². The third-order valence-corrected chi connectivity index (χ3v) is 7.88. The highest BCUT2D eigenvalue weighted by Gasteiger charge is 2.46. The Hall–Kier alpha value is -1.30. The Morgan fingerprint density at radius 1 is 0.806 bits per heavy atom. The number of nitrogens with one attached hydrogen (secondary N) is 1. The van der Waals surface area contributed by atoms with Crippen LogP contribution in [0.3, 0.4) is 0 Å². The number of rotatable bonds is 4. The van der Waals surface area contributed by atoms with Crippen molar-refractivity contribution in [3.8, 4) is 0 Å². The number of nitrogens with zero attached hydrogens (tertiary/aromatic N) is 2. The van der Waals surface area contributed by atoms with Gasteiger partial charge in [0.25, 0.3) is 0 Å². The van der Waals surface area contributed by atoms with Crippen molar-refractivity contribution < 1.29 is 14.3 Å². The Labute approximate surface area is 189 Å². The van der Waals surface area contributed by atoms with Gasteiger partial charge in [-0.3, -0.25) is 4.79 Å². The van der Waals surface area contributed by atoms with Crippen molar-refractivity contribution in [3.05, 3.63) is 0 Å². The van der Waals surface area contributed by atoms with E-state index in [1.54, 1.807) is 0 Å². The van der Waals surface area contributed by atoms with Crippen molar-refractivity contribution in [2.24, 2.45) is 17.8 Å². The first kappa shape index (κ1) is 24.3. The van der Waals surface area contributed by atoms with Crippen molar-refractivity contribution in [1.29, 1.82) is 0 Å². The fraction of sp³-hybridized carbons (Fsp3) is 0.920. The van der Waals surface area contributed by atoms with Crippen LogP contribution < -0.4 is 5.32 Å². The van der Waals surface area contributed by atoms with Crippen molar-refractivity contribution in [1.82, 2.24) is 15.1 Å². The van der Waals surface area contributed by atoms with Crippen LogP contribution in [-0.2, 0) is 9.53 Å². The molecule has 3 rings (SSSR count). The van der Waals surface area contributed by atoms with Crippen LogP contribution in [0, 0.1) is 17.8 Å². The minimum absolute atomic E-state index is 0.0899. The normalized spacial score (nSPS) is 25.1. The first-order valence-electron chi connectivity index (χ1n) is 12.6. The van der Waals surface area contributed by atoms with Gasteiger partial charge in [0.1, 0.15) is 11.1 Å². The summed E-state index contributed by atoms with van der Waals surface area (Å²) in [5, 5.41) is 3.04. The number of ether oxygens (including phenoxy) is 1. The van der Waals surface area contributed by atoms with Crippen molar-refractivity contribution in [2.75, 3.05) is 33.2 Å². The number of carbonyl (C=O) groups excluding carboxylic acids is 2.